The van der Waals surface area contributed by atoms with Crippen LogP contribution in [0.1, 0.15) is 24.7 Å². The molecule has 1 atom stereocenters. The van der Waals surface area contributed by atoms with E-state index in [1.807, 2.05) is 49.4 Å². The van der Waals surface area contributed by atoms with Gasteiger partial charge in [-0.25, -0.2) is 4.98 Å². The maximum absolute atomic E-state index is 10.5. The van der Waals surface area contributed by atoms with Crippen LogP contribution in [-0.2, 0) is 13.0 Å². The summed E-state index contributed by atoms with van der Waals surface area (Å²) in [5, 5.41) is 10.5. The number of rotatable bonds is 7. The predicted molar refractivity (Wildman–Crippen MR) is 96.4 cm³/mol. The molecule has 0 saturated carbocycles. The molecule has 0 unspecified atom stereocenters. The Hall–Kier alpha value is -2.33. The second-order valence-corrected chi connectivity index (χ2v) is 6.11. The van der Waals surface area contributed by atoms with Crippen molar-refractivity contribution in [3.63, 3.8) is 0 Å². The van der Waals surface area contributed by atoms with Gasteiger partial charge in [0.1, 0.15) is 24.3 Å². The number of aryl methyl sites for hydroxylation is 2. The molecule has 0 fully saturated rings. The number of aromatic nitrogens is 2. The monoisotopic (exact) mass is 324 g/mol. The molecule has 2 aromatic carbocycles. The van der Waals surface area contributed by atoms with E-state index in [0.717, 1.165) is 41.0 Å². The maximum atomic E-state index is 10.5. The Bertz CT molecular complexity index is 810. The molecular formula is C20H24N2O2. The van der Waals surface area contributed by atoms with E-state index in [9.17, 15) is 5.11 Å². The van der Waals surface area contributed by atoms with Gasteiger partial charge in [-0.15, -0.1) is 0 Å². The predicted octanol–water partition coefficient (Wildman–Crippen LogP) is 3.74. The van der Waals surface area contributed by atoms with Crippen molar-refractivity contribution in [3.05, 3.63) is 59.9 Å². The standard InChI is InChI=1S/C20H24N2O2/c1-3-8-20-21-17-10-5-6-11-18(17)22(20)13-16(23)14-24-19-12-7-4-9-15(19)2/h4-7,9-12,16,23H,3,8,13-14H2,1-2H3/t16-/m0/s1. The van der Waals surface area contributed by atoms with E-state index in [0.29, 0.717) is 6.54 Å². The van der Waals surface area contributed by atoms with Gasteiger partial charge in [0.2, 0.25) is 0 Å². The van der Waals surface area contributed by atoms with E-state index in [4.69, 9.17) is 9.72 Å². The molecule has 0 radical (unpaired) electrons. The van der Waals surface area contributed by atoms with E-state index >= 15 is 0 Å². The van der Waals surface area contributed by atoms with Crippen LogP contribution < -0.4 is 4.74 Å². The SMILES string of the molecule is CCCc1nc2ccccc2n1C[C@H](O)COc1ccccc1C. The minimum absolute atomic E-state index is 0.267. The molecule has 4 nitrogen and oxygen atoms in total. The molecule has 0 aliphatic rings. The van der Waals surface area contributed by atoms with Crippen LogP contribution in [0.3, 0.4) is 0 Å². The number of aliphatic hydroxyl groups is 1. The molecule has 0 aliphatic carbocycles. The minimum atomic E-state index is -0.585. The lowest BCUT2D eigenvalue weighted by atomic mass is 10.2. The van der Waals surface area contributed by atoms with Gasteiger partial charge in [-0.05, 0) is 37.1 Å². The summed E-state index contributed by atoms with van der Waals surface area (Å²) in [6.45, 7) is 4.90. The van der Waals surface area contributed by atoms with Crippen LogP contribution in [0, 0.1) is 6.92 Å². The van der Waals surface area contributed by atoms with Crippen LogP contribution in [-0.4, -0.2) is 27.4 Å². The van der Waals surface area contributed by atoms with Gasteiger partial charge in [0, 0.05) is 6.42 Å². The summed E-state index contributed by atoms with van der Waals surface area (Å²) >= 11 is 0. The van der Waals surface area contributed by atoms with E-state index in [2.05, 4.69) is 17.6 Å². The fourth-order valence-electron chi connectivity index (χ4n) is 2.91. The average molecular weight is 324 g/mol. The van der Waals surface area contributed by atoms with Crippen LogP contribution in [0.15, 0.2) is 48.5 Å². The van der Waals surface area contributed by atoms with Crippen molar-refractivity contribution in [3.8, 4) is 5.75 Å². The molecule has 24 heavy (non-hydrogen) atoms. The first-order chi connectivity index (χ1) is 11.7. The van der Waals surface area contributed by atoms with Gasteiger partial charge in [0.25, 0.3) is 0 Å². The molecule has 1 heterocycles. The Kier molecular flexibility index (Phi) is 5.16. The highest BCUT2D eigenvalue weighted by Crippen LogP contribution is 2.19. The maximum Gasteiger partial charge on any atom is 0.122 e. The summed E-state index contributed by atoms with van der Waals surface area (Å²) in [7, 11) is 0. The number of fused-ring (bicyclic) bond motifs is 1. The molecule has 1 aromatic heterocycles. The van der Waals surface area contributed by atoms with Crippen molar-refractivity contribution < 1.29 is 9.84 Å². The minimum Gasteiger partial charge on any atom is -0.491 e. The van der Waals surface area contributed by atoms with Crippen LogP contribution in [0.25, 0.3) is 11.0 Å². The summed E-state index contributed by atoms with van der Waals surface area (Å²) in [4.78, 5) is 4.70. The quantitative estimate of drug-likeness (QED) is 0.720. The van der Waals surface area contributed by atoms with E-state index in [-0.39, 0.29) is 6.61 Å². The topological polar surface area (TPSA) is 47.3 Å². The van der Waals surface area contributed by atoms with Crippen LogP contribution in [0.2, 0.25) is 0 Å². The Morgan fingerprint density at radius 2 is 1.88 bits per heavy atom. The Morgan fingerprint density at radius 3 is 2.67 bits per heavy atom. The zero-order chi connectivity index (χ0) is 16.9. The molecule has 0 bridgehead atoms. The van der Waals surface area contributed by atoms with Crippen LogP contribution in [0.5, 0.6) is 5.75 Å². The lowest BCUT2D eigenvalue weighted by Crippen LogP contribution is -2.24. The number of imidazole rings is 1. The van der Waals surface area contributed by atoms with Gasteiger partial charge in [0.15, 0.2) is 0 Å². The molecule has 3 rings (SSSR count). The summed E-state index contributed by atoms with van der Waals surface area (Å²) < 4.78 is 7.89. The third kappa shape index (κ3) is 3.60. The number of nitrogens with zero attached hydrogens (tertiary/aromatic N) is 2. The smallest absolute Gasteiger partial charge is 0.122 e. The first-order valence-electron chi connectivity index (χ1n) is 8.49. The lowest BCUT2D eigenvalue weighted by Gasteiger charge is -2.16. The Balaban J connectivity index is 1.74. The number of hydrogen-bond acceptors (Lipinski definition) is 3. The number of aliphatic hydroxyl groups excluding tert-OH is 1. The third-order valence-corrected chi connectivity index (χ3v) is 4.13. The van der Waals surface area contributed by atoms with E-state index < -0.39 is 6.10 Å². The van der Waals surface area contributed by atoms with E-state index in [1.54, 1.807) is 0 Å². The summed E-state index contributed by atoms with van der Waals surface area (Å²) in [5.41, 5.74) is 3.12. The Labute approximate surface area is 142 Å². The molecule has 4 heteroatoms. The van der Waals surface area contributed by atoms with Crippen molar-refractivity contribution in [2.24, 2.45) is 0 Å². The molecule has 1 N–H and O–H groups in total. The number of hydrogen-bond donors (Lipinski definition) is 1. The fraction of sp³-hybridized carbons (Fsp3) is 0.350. The van der Waals surface area contributed by atoms with Crippen molar-refractivity contribution in [1.82, 2.24) is 9.55 Å². The Morgan fingerprint density at radius 1 is 1.12 bits per heavy atom. The first kappa shape index (κ1) is 16.5. The zero-order valence-corrected chi connectivity index (χ0v) is 14.3. The second kappa shape index (κ2) is 7.49. The molecule has 126 valence electrons. The second-order valence-electron chi connectivity index (χ2n) is 6.11. The highest BCUT2D eigenvalue weighted by atomic mass is 16.5. The van der Waals surface area contributed by atoms with Gasteiger partial charge >= 0.3 is 0 Å². The van der Waals surface area contributed by atoms with Gasteiger partial charge in [-0.2, -0.15) is 0 Å². The molecule has 3 aromatic rings. The zero-order valence-electron chi connectivity index (χ0n) is 14.3. The summed E-state index contributed by atoms with van der Waals surface area (Å²) in [6.07, 6.45) is 1.34. The molecular weight excluding hydrogens is 300 g/mol. The van der Waals surface area contributed by atoms with Crippen molar-refractivity contribution in [2.45, 2.75) is 39.3 Å². The highest BCUT2D eigenvalue weighted by Gasteiger charge is 2.14. The van der Waals surface area contributed by atoms with Crippen molar-refractivity contribution in [2.75, 3.05) is 6.61 Å². The molecule has 0 aliphatic heterocycles. The number of benzene rings is 2. The first-order valence-corrected chi connectivity index (χ1v) is 8.49. The van der Waals surface area contributed by atoms with Gasteiger partial charge in [-0.3, -0.25) is 0 Å². The molecule has 0 amide bonds. The third-order valence-electron chi connectivity index (χ3n) is 4.13. The molecule has 0 saturated heterocycles. The normalized spacial score (nSPS) is 12.5. The lowest BCUT2D eigenvalue weighted by molar-refractivity contribution is 0.0924. The van der Waals surface area contributed by atoms with E-state index in [1.165, 1.54) is 0 Å². The van der Waals surface area contributed by atoms with Crippen molar-refractivity contribution >= 4 is 11.0 Å². The largest absolute Gasteiger partial charge is 0.491 e. The summed E-state index contributed by atoms with van der Waals surface area (Å²) in [5.74, 6) is 1.84. The van der Waals surface area contributed by atoms with Gasteiger partial charge in [0.05, 0.1) is 17.6 Å². The number of para-hydroxylation sites is 3. The average Bonchev–Trinajstić information content (AvgIpc) is 2.92. The summed E-state index contributed by atoms with van der Waals surface area (Å²) in [6, 6.07) is 15.9. The van der Waals surface area contributed by atoms with Crippen molar-refractivity contribution in [1.29, 1.82) is 0 Å². The molecule has 0 spiro atoms. The fourth-order valence-corrected chi connectivity index (χ4v) is 2.91. The highest BCUT2D eigenvalue weighted by molar-refractivity contribution is 5.75. The number of ether oxygens (including phenoxy) is 1. The van der Waals surface area contributed by atoms with Crippen LogP contribution in [0.4, 0.5) is 0 Å². The van der Waals surface area contributed by atoms with Gasteiger partial charge < -0.3 is 14.4 Å². The van der Waals surface area contributed by atoms with Crippen LogP contribution >= 0.6 is 0 Å². The van der Waals surface area contributed by atoms with Gasteiger partial charge in [-0.1, -0.05) is 37.3 Å².